The first-order valence-electron chi connectivity index (χ1n) is 7.56. The third-order valence-electron chi connectivity index (χ3n) is 4.89. The molecule has 3 rings (SSSR count). The van der Waals surface area contributed by atoms with Crippen molar-refractivity contribution in [2.75, 3.05) is 32.7 Å². The molecule has 3 aliphatic rings. The highest BCUT2D eigenvalue weighted by Crippen LogP contribution is 2.46. The molecule has 0 aromatic heterocycles. The first kappa shape index (κ1) is 12.9. The normalized spacial score (nSPS) is 35.6. The van der Waals surface area contributed by atoms with Gasteiger partial charge < -0.3 is 4.90 Å². The molecule has 0 aromatic carbocycles. The monoisotopic (exact) mass is 261 g/mol. The van der Waals surface area contributed by atoms with Crippen LogP contribution in [0.25, 0.3) is 0 Å². The average Bonchev–Trinajstić information content (AvgIpc) is 3.19. The number of nitriles is 1. The molecule has 2 aliphatic carbocycles. The summed E-state index contributed by atoms with van der Waals surface area (Å²) in [5.74, 6) is 1.54. The van der Waals surface area contributed by atoms with E-state index in [4.69, 9.17) is 0 Å². The van der Waals surface area contributed by atoms with Crippen LogP contribution in [0, 0.1) is 28.6 Å². The molecule has 1 saturated heterocycles. The summed E-state index contributed by atoms with van der Waals surface area (Å²) in [6.07, 6.45) is 4.28. The second-order valence-electron chi connectivity index (χ2n) is 6.74. The van der Waals surface area contributed by atoms with Gasteiger partial charge in [-0.2, -0.15) is 5.26 Å². The van der Waals surface area contributed by atoms with Gasteiger partial charge >= 0.3 is 0 Å². The number of rotatable bonds is 3. The maximum Gasteiger partial charge on any atom is 0.243 e. The first-order valence-corrected chi connectivity index (χ1v) is 7.56. The van der Waals surface area contributed by atoms with E-state index in [9.17, 15) is 10.1 Å². The van der Waals surface area contributed by atoms with Gasteiger partial charge in [0.05, 0.1) is 6.07 Å². The molecule has 0 N–H and O–H groups in total. The number of amides is 1. The van der Waals surface area contributed by atoms with Crippen LogP contribution in [0.1, 0.15) is 32.6 Å². The van der Waals surface area contributed by atoms with Crippen LogP contribution in [-0.2, 0) is 4.79 Å². The average molecular weight is 261 g/mol. The molecule has 19 heavy (non-hydrogen) atoms. The molecule has 2 saturated carbocycles. The molecule has 0 spiro atoms. The molecule has 1 heterocycles. The van der Waals surface area contributed by atoms with Crippen LogP contribution >= 0.6 is 0 Å². The summed E-state index contributed by atoms with van der Waals surface area (Å²) in [7, 11) is 0. The Morgan fingerprint density at radius 1 is 1.26 bits per heavy atom. The lowest BCUT2D eigenvalue weighted by atomic mass is 9.62. The fraction of sp³-hybridized carbons (Fsp3) is 0.867. The van der Waals surface area contributed by atoms with Gasteiger partial charge in [-0.15, -0.1) is 0 Å². The highest BCUT2D eigenvalue weighted by Gasteiger charge is 2.50. The van der Waals surface area contributed by atoms with Gasteiger partial charge in [0.1, 0.15) is 5.41 Å². The SMILES string of the molecule is CC1CC(C#N)(C(=O)N2CCN(CC3CC3)CC2)C1. The van der Waals surface area contributed by atoms with Gasteiger partial charge in [0.15, 0.2) is 0 Å². The fourth-order valence-corrected chi connectivity index (χ4v) is 3.55. The summed E-state index contributed by atoms with van der Waals surface area (Å²) in [6.45, 7) is 6.92. The lowest BCUT2D eigenvalue weighted by molar-refractivity contribution is -0.147. The number of nitrogens with zero attached hydrogens (tertiary/aromatic N) is 3. The van der Waals surface area contributed by atoms with Gasteiger partial charge in [0.25, 0.3) is 0 Å². The van der Waals surface area contributed by atoms with E-state index in [0.29, 0.717) is 5.92 Å². The van der Waals surface area contributed by atoms with Crippen LogP contribution in [0.5, 0.6) is 0 Å². The smallest absolute Gasteiger partial charge is 0.243 e. The van der Waals surface area contributed by atoms with Crippen LogP contribution in [0.15, 0.2) is 0 Å². The molecular formula is C15H23N3O. The second kappa shape index (κ2) is 4.79. The predicted octanol–water partition coefficient (Wildman–Crippen LogP) is 1.48. The number of carbonyl (C=O) groups is 1. The molecule has 4 nitrogen and oxygen atoms in total. The molecule has 0 aromatic rings. The quantitative estimate of drug-likeness (QED) is 0.773. The van der Waals surface area contributed by atoms with Crippen molar-refractivity contribution in [3.05, 3.63) is 0 Å². The number of piperazine rings is 1. The highest BCUT2D eigenvalue weighted by atomic mass is 16.2. The van der Waals surface area contributed by atoms with E-state index in [2.05, 4.69) is 17.9 Å². The molecule has 1 aliphatic heterocycles. The Labute approximate surface area is 115 Å². The third kappa shape index (κ3) is 2.49. The van der Waals surface area contributed by atoms with Crippen molar-refractivity contribution in [2.45, 2.75) is 32.6 Å². The number of carbonyl (C=O) groups excluding carboxylic acids is 1. The third-order valence-corrected chi connectivity index (χ3v) is 4.89. The van der Waals surface area contributed by atoms with Crippen LogP contribution in [0.4, 0.5) is 0 Å². The maximum absolute atomic E-state index is 12.5. The molecule has 0 unspecified atom stereocenters. The first-order chi connectivity index (χ1) is 9.13. The highest BCUT2D eigenvalue weighted by molar-refractivity contribution is 5.86. The zero-order valence-electron chi connectivity index (χ0n) is 11.8. The summed E-state index contributed by atoms with van der Waals surface area (Å²) in [4.78, 5) is 16.9. The maximum atomic E-state index is 12.5. The minimum atomic E-state index is -0.682. The van der Waals surface area contributed by atoms with Gasteiger partial charge in [-0.1, -0.05) is 6.92 Å². The molecule has 0 radical (unpaired) electrons. The molecule has 0 atom stereocenters. The van der Waals surface area contributed by atoms with Gasteiger partial charge in [0, 0.05) is 32.7 Å². The van der Waals surface area contributed by atoms with E-state index >= 15 is 0 Å². The molecule has 3 fully saturated rings. The lowest BCUT2D eigenvalue weighted by Crippen LogP contribution is -2.56. The van der Waals surface area contributed by atoms with E-state index in [0.717, 1.165) is 44.9 Å². The fourth-order valence-electron chi connectivity index (χ4n) is 3.55. The zero-order valence-corrected chi connectivity index (χ0v) is 11.8. The van der Waals surface area contributed by atoms with Gasteiger partial charge in [0.2, 0.25) is 5.91 Å². The Bertz CT molecular complexity index is 396. The molecule has 1 amide bonds. The summed E-state index contributed by atoms with van der Waals surface area (Å²) >= 11 is 0. The standard InChI is InChI=1S/C15H23N3O/c1-12-8-15(9-12,11-16)14(19)18-6-4-17(5-7-18)10-13-2-3-13/h12-13H,2-10H2,1H3. The Morgan fingerprint density at radius 2 is 1.89 bits per heavy atom. The minimum absolute atomic E-state index is 0.0965. The summed E-state index contributed by atoms with van der Waals surface area (Å²) in [6, 6.07) is 2.29. The Kier molecular flexibility index (Phi) is 3.26. The van der Waals surface area contributed by atoms with Crippen molar-refractivity contribution in [1.29, 1.82) is 5.26 Å². The van der Waals surface area contributed by atoms with Crippen molar-refractivity contribution in [3.63, 3.8) is 0 Å². The molecule has 4 heteroatoms. The van der Waals surface area contributed by atoms with Crippen molar-refractivity contribution in [2.24, 2.45) is 17.3 Å². The molecule has 104 valence electrons. The van der Waals surface area contributed by atoms with Crippen LogP contribution in [0.3, 0.4) is 0 Å². The van der Waals surface area contributed by atoms with Crippen molar-refractivity contribution in [3.8, 4) is 6.07 Å². The van der Waals surface area contributed by atoms with Gasteiger partial charge in [-0.3, -0.25) is 9.69 Å². The molecular weight excluding hydrogens is 238 g/mol. The number of hydrogen-bond acceptors (Lipinski definition) is 3. The lowest BCUT2D eigenvalue weighted by Gasteiger charge is -2.44. The summed E-state index contributed by atoms with van der Waals surface area (Å²) in [5, 5.41) is 9.33. The second-order valence-corrected chi connectivity index (χ2v) is 6.74. The van der Waals surface area contributed by atoms with E-state index in [1.807, 2.05) is 4.90 Å². The topological polar surface area (TPSA) is 47.3 Å². The molecule has 0 bridgehead atoms. The van der Waals surface area contributed by atoms with E-state index in [1.165, 1.54) is 19.4 Å². The summed E-state index contributed by atoms with van der Waals surface area (Å²) in [5.41, 5.74) is -0.682. The minimum Gasteiger partial charge on any atom is -0.339 e. The van der Waals surface area contributed by atoms with E-state index in [1.54, 1.807) is 0 Å². The van der Waals surface area contributed by atoms with E-state index in [-0.39, 0.29) is 5.91 Å². The van der Waals surface area contributed by atoms with Gasteiger partial charge in [-0.25, -0.2) is 0 Å². The summed E-state index contributed by atoms with van der Waals surface area (Å²) < 4.78 is 0. The number of hydrogen-bond donors (Lipinski definition) is 0. The predicted molar refractivity (Wildman–Crippen MR) is 72.2 cm³/mol. The van der Waals surface area contributed by atoms with Crippen molar-refractivity contribution < 1.29 is 4.79 Å². The Hall–Kier alpha value is -1.08. The van der Waals surface area contributed by atoms with Crippen LogP contribution in [0.2, 0.25) is 0 Å². The van der Waals surface area contributed by atoms with Gasteiger partial charge in [-0.05, 0) is 37.5 Å². The Balaban J connectivity index is 1.53. The zero-order chi connectivity index (χ0) is 13.5. The van der Waals surface area contributed by atoms with Crippen molar-refractivity contribution in [1.82, 2.24) is 9.80 Å². The Morgan fingerprint density at radius 3 is 2.37 bits per heavy atom. The van der Waals surface area contributed by atoms with E-state index < -0.39 is 5.41 Å². The van der Waals surface area contributed by atoms with Crippen molar-refractivity contribution >= 4 is 5.91 Å². The van der Waals surface area contributed by atoms with Crippen LogP contribution in [-0.4, -0.2) is 48.4 Å². The van der Waals surface area contributed by atoms with Crippen LogP contribution < -0.4 is 0 Å². The largest absolute Gasteiger partial charge is 0.339 e.